The number of nitrogens with one attached hydrogen (secondary N) is 1. The Balaban J connectivity index is 1.61. The van der Waals surface area contributed by atoms with Gasteiger partial charge in [0.1, 0.15) is 13.2 Å². The summed E-state index contributed by atoms with van der Waals surface area (Å²) in [6.45, 7) is 2.92. The van der Waals surface area contributed by atoms with E-state index in [2.05, 4.69) is 5.32 Å². The van der Waals surface area contributed by atoms with Crippen LogP contribution in [0.25, 0.3) is 0 Å². The van der Waals surface area contributed by atoms with Gasteiger partial charge < -0.3 is 19.7 Å². The normalized spacial score (nSPS) is 13.5. The summed E-state index contributed by atoms with van der Waals surface area (Å²) in [5.41, 5.74) is 0.741. The number of nitrogens with zero attached hydrogens (tertiary/aromatic N) is 1. The summed E-state index contributed by atoms with van der Waals surface area (Å²) >= 11 is 3.13. The first-order chi connectivity index (χ1) is 14.6. The van der Waals surface area contributed by atoms with Gasteiger partial charge in [-0.15, -0.1) is 22.7 Å². The number of amides is 2. The maximum Gasteiger partial charge on any atom is 0.229 e. The third-order valence-electron chi connectivity index (χ3n) is 4.68. The second-order valence-corrected chi connectivity index (χ2v) is 8.87. The molecule has 4 rings (SSSR count). The van der Waals surface area contributed by atoms with Crippen LogP contribution in [-0.4, -0.2) is 25.0 Å². The molecule has 1 N–H and O–H groups in total. The minimum Gasteiger partial charge on any atom is -0.486 e. The molecule has 1 aliphatic heterocycles. The predicted molar refractivity (Wildman–Crippen MR) is 118 cm³/mol. The van der Waals surface area contributed by atoms with Crippen molar-refractivity contribution >= 4 is 40.2 Å². The van der Waals surface area contributed by atoms with Crippen molar-refractivity contribution in [3.05, 3.63) is 63.0 Å². The van der Waals surface area contributed by atoms with Crippen LogP contribution in [0.1, 0.15) is 29.1 Å². The summed E-state index contributed by atoms with van der Waals surface area (Å²) in [5, 5.41) is 6.85. The molecule has 6 nitrogen and oxygen atoms in total. The van der Waals surface area contributed by atoms with E-state index in [1.165, 1.54) is 18.3 Å². The molecule has 3 heterocycles. The quantitative estimate of drug-likeness (QED) is 0.590. The predicted octanol–water partition coefficient (Wildman–Crippen LogP) is 4.38. The van der Waals surface area contributed by atoms with Crippen LogP contribution in [0.4, 0.5) is 5.69 Å². The first kappa shape index (κ1) is 20.4. The van der Waals surface area contributed by atoms with Gasteiger partial charge in [-0.25, -0.2) is 0 Å². The third-order valence-corrected chi connectivity index (χ3v) is 6.52. The lowest BCUT2D eigenvalue weighted by atomic mass is 10.1. The van der Waals surface area contributed by atoms with Gasteiger partial charge in [-0.3, -0.25) is 9.59 Å². The Morgan fingerprint density at radius 2 is 1.83 bits per heavy atom. The average Bonchev–Trinajstić information content (AvgIpc) is 3.45. The maximum atomic E-state index is 13.4. The molecule has 8 heteroatoms. The first-order valence-corrected chi connectivity index (χ1v) is 11.4. The molecule has 2 amide bonds. The van der Waals surface area contributed by atoms with Crippen LogP contribution in [0.5, 0.6) is 11.5 Å². The molecule has 1 aromatic carbocycles. The van der Waals surface area contributed by atoms with Gasteiger partial charge in [0.2, 0.25) is 11.8 Å². The van der Waals surface area contributed by atoms with Crippen LogP contribution < -0.4 is 19.7 Å². The van der Waals surface area contributed by atoms with Gasteiger partial charge >= 0.3 is 0 Å². The lowest BCUT2D eigenvalue weighted by Gasteiger charge is -2.27. The molecule has 0 saturated carbocycles. The van der Waals surface area contributed by atoms with Crippen LogP contribution in [0.3, 0.4) is 0 Å². The zero-order valence-electron chi connectivity index (χ0n) is 16.5. The Bertz CT molecular complexity index is 1000. The topological polar surface area (TPSA) is 67.9 Å². The van der Waals surface area contributed by atoms with E-state index in [1.54, 1.807) is 16.2 Å². The molecule has 0 spiro atoms. The van der Waals surface area contributed by atoms with Crippen molar-refractivity contribution in [2.75, 3.05) is 18.1 Å². The molecule has 0 unspecified atom stereocenters. The molecule has 3 aromatic rings. The van der Waals surface area contributed by atoms with Gasteiger partial charge in [0.05, 0.1) is 19.0 Å². The van der Waals surface area contributed by atoms with E-state index >= 15 is 0 Å². The van der Waals surface area contributed by atoms with Gasteiger partial charge in [-0.1, -0.05) is 12.1 Å². The van der Waals surface area contributed by atoms with Crippen molar-refractivity contribution in [1.29, 1.82) is 0 Å². The summed E-state index contributed by atoms with van der Waals surface area (Å²) < 4.78 is 11.3. The van der Waals surface area contributed by atoms with Crippen molar-refractivity contribution in [2.45, 2.75) is 25.9 Å². The Morgan fingerprint density at radius 3 is 2.53 bits per heavy atom. The second-order valence-electron chi connectivity index (χ2n) is 6.86. The van der Waals surface area contributed by atoms with E-state index in [9.17, 15) is 9.59 Å². The highest BCUT2D eigenvalue weighted by atomic mass is 32.1. The van der Waals surface area contributed by atoms with Crippen molar-refractivity contribution < 1.29 is 19.1 Å². The van der Waals surface area contributed by atoms with E-state index in [-0.39, 0.29) is 24.3 Å². The van der Waals surface area contributed by atoms with Crippen LogP contribution in [0.15, 0.2) is 53.2 Å². The Kier molecular flexibility index (Phi) is 6.35. The highest BCUT2D eigenvalue weighted by molar-refractivity contribution is 7.10. The van der Waals surface area contributed by atoms with Crippen LogP contribution >= 0.6 is 22.7 Å². The molecular weight excluding hydrogens is 420 g/mol. The number of thiophene rings is 2. The minimum atomic E-state index is -0.363. The molecule has 0 radical (unpaired) electrons. The van der Waals surface area contributed by atoms with E-state index < -0.39 is 0 Å². The monoisotopic (exact) mass is 442 g/mol. The molecule has 2 aromatic heterocycles. The average molecular weight is 443 g/mol. The van der Waals surface area contributed by atoms with Gasteiger partial charge in [-0.05, 0) is 35.0 Å². The summed E-state index contributed by atoms with van der Waals surface area (Å²) in [6, 6.07) is 13.0. The van der Waals surface area contributed by atoms with Crippen molar-refractivity contribution in [1.82, 2.24) is 5.32 Å². The zero-order valence-corrected chi connectivity index (χ0v) is 18.1. The Labute approximate surface area is 183 Å². The summed E-state index contributed by atoms with van der Waals surface area (Å²) in [6.07, 6.45) is 0.167. The van der Waals surface area contributed by atoms with Crippen molar-refractivity contribution in [3.63, 3.8) is 0 Å². The Hall–Kier alpha value is -2.84. The van der Waals surface area contributed by atoms with Gasteiger partial charge in [0.25, 0.3) is 0 Å². The molecule has 0 aliphatic carbocycles. The molecule has 1 atom stereocenters. The van der Waals surface area contributed by atoms with Crippen molar-refractivity contribution in [2.24, 2.45) is 0 Å². The molecule has 0 bridgehead atoms. The fourth-order valence-electron chi connectivity index (χ4n) is 3.32. The molecule has 156 valence electrons. The number of hydrogen-bond donors (Lipinski definition) is 1. The number of ether oxygens (including phenoxy) is 2. The van der Waals surface area contributed by atoms with E-state index in [0.717, 1.165) is 15.4 Å². The van der Waals surface area contributed by atoms with E-state index in [1.807, 2.05) is 53.2 Å². The van der Waals surface area contributed by atoms with Crippen molar-refractivity contribution in [3.8, 4) is 11.5 Å². The molecule has 0 fully saturated rings. The molecule has 1 aliphatic rings. The van der Waals surface area contributed by atoms with E-state index in [0.29, 0.717) is 31.3 Å². The highest BCUT2D eigenvalue weighted by Crippen LogP contribution is 2.35. The van der Waals surface area contributed by atoms with Crippen LogP contribution in [-0.2, 0) is 16.1 Å². The highest BCUT2D eigenvalue weighted by Gasteiger charge is 2.25. The molecule has 0 saturated heterocycles. The van der Waals surface area contributed by atoms with E-state index in [4.69, 9.17) is 9.47 Å². The SMILES string of the molecule is CC(=O)N[C@H](CC(=O)N(Cc1cccs1)c1ccc2c(c1)OCCO2)c1cccs1. The molecule has 30 heavy (non-hydrogen) atoms. The van der Waals surface area contributed by atoms with Gasteiger partial charge in [-0.2, -0.15) is 0 Å². The second kappa shape index (κ2) is 9.32. The van der Waals surface area contributed by atoms with Crippen LogP contribution in [0, 0.1) is 0 Å². The fourth-order valence-corrected chi connectivity index (χ4v) is 4.79. The van der Waals surface area contributed by atoms with Crippen LogP contribution in [0.2, 0.25) is 0 Å². The number of rotatable bonds is 7. The fraction of sp³-hybridized carbons (Fsp3) is 0.273. The number of anilines is 1. The molecular formula is C22H22N2O4S2. The summed E-state index contributed by atoms with van der Waals surface area (Å²) in [5.74, 6) is 1.08. The standard InChI is InChI=1S/C22H22N2O4S2/c1-15(25)23-18(21-5-3-11-30-21)13-22(26)24(14-17-4-2-10-29-17)16-6-7-19-20(12-16)28-9-8-27-19/h2-7,10-12,18H,8-9,13-14H2,1H3,(H,23,25)/t18-/m1/s1. The van der Waals surface area contributed by atoms with Gasteiger partial charge in [0.15, 0.2) is 11.5 Å². The summed E-state index contributed by atoms with van der Waals surface area (Å²) in [4.78, 5) is 28.9. The number of fused-ring (bicyclic) bond motifs is 1. The van der Waals surface area contributed by atoms with Gasteiger partial charge in [0, 0.05) is 28.4 Å². The number of carbonyl (C=O) groups is 2. The zero-order chi connectivity index (χ0) is 20.9. The first-order valence-electron chi connectivity index (χ1n) is 9.63. The number of hydrogen-bond acceptors (Lipinski definition) is 6. The minimum absolute atomic E-state index is 0.0766. The summed E-state index contributed by atoms with van der Waals surface area (Å²) in [7, 11) is 0. The third kappa shape index (κ3) is 4.83. The smallest absolute Gasteiger partial charge is 0.229 e. The lowest BCUT2D eigenvalue weighted by Crippen LogP contribution is -2.35. The Morgan fingerprint density at radius 1 is 1.07 bits per heavy atom. The number of carbonyl (C=O) groups excluding carboxylic acids is 2. The largest absolute Gasteiger partial charge is 0.486 e. The number of benzene rings is 1. The lowest BCUT2D eigenvalue weighted by molar-refractivity contribution is -0.121. The maximum absolute atomic E-state index is 13.4.